The Bertz CT molecular complexity index is 472. The maximum Gasteiger partial charge on any atom is 0.124 e. The molecule has 116 valence electrons. The van der Waals surface area contributed by atoms with Crippen LogP contribution in [0.4, 0.5) is 5.82 Å². The minimum absolute atomic E-state index is 0.262. The average molecular weight is 292 g/mol. The first kappa shape index (κ1) is 13.5. The molecule has 0 aliphatic carbocycles. The van der Waals surface area contributed by atoms with Gasteiger partial charge in [-0.15, -0.1) is 0 Å². The van der Waals surface area contributed by atoms with Crippen molar-refractivity contribution in [2.45, 2.75) is 31.6 Å². The Labute approximate surface area is 125 Å². The predicted octanol–water partition coefficient (Wildman–Crippen LogP) is 0.805. The van der Waals surface area contributed by atoms with Gasteiger partial charge in [0.2, 0.25) is 0 Å². The molecule has 1 N–H and O–H groups in total. The summed E-state index contributed by atoms with van der Waals surface area (Å²) in [7, 11) is 0. The van der Waals surface area contributed by atoms with E-state index in [1.807, 2.05) is 12.3 Å². The lowest BCUT2D eigenvalue weighted by Gasteiger charge is -2.38. The first-order valence-electron chi connectivity index (χ1n) is 8.10. The Morgan fingerprint density at radius 2 is 2.19 bits per heavy atom. The zero-order chi connectivity index (χ0) is 14.1. The molecule has 6 heteroatoms. The van der Waals surface area contributed by atoms with Crippen LogP contribution in [-0.2, 0) is 16.0 Å². The average Bonchev–Trinajstić information content (AvgIpc) is 3.18. The number of nitrogens with one attached hydrogen (secondary N) is 1. The van der Waals surface area contributed by atoms with Crippen molar-refractivity contribution in [2.75, 3.05) is 44.7 Å². The summed E-state index contributed by atoms with van der Waals surface area (Å²) >= 11 is 0. The van der Waals surface area contributed by atoms with Crippen molar-refractivity contribution in [3.8, 4) is 0 Å². The number of fused-ring (bicyclic) bond motifs is 1. The van der Waals surface area contributed by atoms with Crippen LogP contribution in [0.2, 0.25) is 0 Å². The molecule has 6 nitrogen and oxygen atoms in total. The van der Waals surface area contributed by atoms with E-state index < -0.39 is 0 Å². The standard InChI is InChI=1S/C15H24N4O2/c1-2-13(20-6-1)14-11-18(5-7-21-14)9-12-8-16-15-3-4-17-19(15)10-12/h3-4,12-14,16H,1-2,5-11H2. The third kappa shape index (κ3) is 2.93. The Morgan fingerprint density at radius 1 is 1.24 bits per heavy atom. The molecule has 3 aliphatic heterocycles. The normalized spacial score (nSPS) is 33.6. The lowest BCUT2D eigenvalue weighted by atomic mass is 10.0. The summed E-state index contributed by atoms with van der Waals surface area (Å²) < 4.78 is 13.8. The molecule has 3 unspecified atom stereocenters. The summed E-state index contributed by atoms with van der Waals surface area (Å²) in [5, 5.41) is 7.84. The summed E-state index contributed by atoms with van der Waals surface area (Å²) in [6.45, 7) is 6.93. The zero-order valence-electron chi connectivity index (χ0n) is 12.4. The number of ether oxygens (including phenoxy) is 2. The second-order valence-electron chi connectivity index (χ2n) is 6.37. The number of nitrogens with zero attached hydrogens (tertiary/aromatic N) is 3. The van der Waals surface area contributed by atoms with Gasteiger partial charge in [0.25, 0.3) is 0 Å². The van der Waals surface area contributed by atoms with E-state index in [2.05, 4.69) is 20.0 Å². The van der Waals surface area contributed by atoms with Gasteiger partial charge in [-0.2, -0.15) is 5.10 Å². The molecule has 2 fully saturated rings. The summed E-state index contributed by atoms with van der Waals surface area (Å²) in [5.41, 5.74) is 0. The van der Waals surface area contributed by atoms with Gasteiger partial charge in [-0.1, -0.05) is 0 Å². The number of aromatic nitrogens is 2. The summed E-state index contributed by atoms with van der Waals surface area (Å²) in [6, 6.07) is 2.04. The minimum Gasteiger partial charge on any atom is -0.375 e. The molecule has 1 aromatic heterocycles. The van der Waals surface area contributed by atoms with E-state index in [0.29, 0.717) is 12.0 Å². The van der Waals surface area contributed by atoms with Gasteiger partial charge in [0.05, 0.1) is 25.0 Å². The topological polar surface area (TPSA) is 51.6 Å². The third-order valence-corrected chi connectivity index (χ3v) is 4.79. The molecule has 0 bridgehead atoms. The molecule has 3 aliphatic rings. The lowest BCUT2D eigenvalue weighted by molar-refractivity contribution is -0.0966. The van der Waals surface area contributed by atoms with Gasteiger partial charge in [-0.05, 0) is 12.8 Å². The maximum atomic E-state index is 5.93. The largest absolute Gasteiger partial charge is 0.375 e. The molecule has 1 aromatic rings. The smallest absolute Gasteiger partial charge is 0.124 e. The molecule has 21 heavy (non-hydrogen) atoms. The second-order valence-corrected chi connectivity index (χ2v) is 6.37. The van der Waals surface area contributed by atoms with Crippen molar-refractivity contribution in [1.29, 1.82) is 0 Å². The van der Waals surface area contributed by atoms with Crippen molar-refractivity contribution >= 4 is 5.82 Å². The molecule has 4 rings (SSSR count). The van der Waals surface area contributed by atoms with E-state index in [0.717, 1.165) is 58.2 Å². The molecular weight excluding hydrogens is 268 g/mol. The zero-order valence-corrected chi connectivity index (χ0v) is 12.4. The van der Waals surface area contributed by atoms with Crippen molar-refractivity contribution < 1.29 is 9.47 Å². The van der Waals surface area contributed by atoms with Crippen LogP contribution in [0.5, 0.6) is 0 Å². The number of rotatable bonds is 3. The van der Waals surface area contributed by atoms with Crippen LogP contribution >= 0.6 is 0 Å². The highest BCUT2D eigenvalue weighted by Crippen LogP contribution is 2.22. The predicted molar refractivity (Wildman–Crippen MR) is 79.4 cm³/mol. The second kappa shape index (κ2) is 5.94. The van der Waals surface area contributed by atoms with Gasteiger partial charge >= 0.3 is 0 Å². The maximum absolute atomic E-state index is 5.93. The van der Waals surface area contributed by atoms with Crippen LogP contribution in [0.3, 0.4) is 0 Å². The molecule has 3 atom stereocenters. The Kier molecular flexibility index (Phi) is 3.83. The van der Waals surface area contributed by atoms with E-state index >= 15 is 0 Å². The quantitative estimate of drug-likeness (QED) is 0.893. The van der Waals surface area contributed by atoms with E-state index in [9.17, 15) is 0 Å². The van der Waals surface area contributed by atoms with Gasteiger partial charge in [-0.3, -0.25) is 4.90 Å². The first-order chi connectivity index (χ1) is 10.4. The highest BCUT2D eigenvalue weighted by Gasteiger charge is 2.32. The third-order valence-electron chi connectivity index (χ3n) is 4.79. The van der Waals surface area contributed by atoms with E-state index in [4.69, 9.17) is 9.47 Å². The van der Waals surface area contributed by atoms with Crippen molar-refractivity contribution in [1.82, 2.24) is 14.7 Å². The molecule has 2 saturated heterocycles. The first-order valence-corrected chi connectivity index (χ1v) is 8.10. The highest BCUT2D eigenvalue weighted by molar-refractivity contribution is 5.35. The van der Waals surface area contributed by atoms with Crippen LogP contribution < -0.4 is 5.32 Å². The molecule has 0 aromatic carbocycles. The highest BCUT2D eigenvalue weighted by atomic mass is 16.5. The molecule has 0 amide bonds. The van der Waals surface area contributed by atoms with Crippen LogP contribution in [0.25, 0.3) is 0 Å². The van der Waals surface area contributed by atoms with Gasteiger partial charge in [-0.25, -0.2) is 4.68 Å². The lowest BCUT2D eigenvalue weighted by Crippen LogP contribution is -2.50. The van der Waals surface area contributed by atoms with Crippen LogP contribution in [0.1, 0.15) is 12.8 Å². The van der Waals surface area contributed by atoms with Crippen LogP contribution in [0, 0.1) is 5.92 Å². The molecular formula is C15H24N4O2. The summed E-state index contributed by atoms with van der Waals surface area (Å²) in [5.74, 6) is 1.76. The fraction of sp³-hybridized carbons (Fsp3) is 0.800. The van der Waals surface area contributed by atoms with E-state index in [1.165, 1.54) is 6.42 Å². The molecule has 4 heterocycles. The van der Waals surface area contributed by atoms with E-state index in [1.54, 1.807) is 0 Å². The number of anilines is 1. The molecule has 0 saturated carbocycles. The van der Waals surface area contributed by atoms with Gasteiger partial charge in [0.15, 0.2) is 0 Å². The van der Waals surface area contributed by atoms with Gasteiger partial charge < -0.3 is 14.8 Å². The molecule has 0 spiro atoms. The number of hydrogen-bond donors (Lipinski definition) is 1. The van der Waals surface area contributed by atoms with Crippen LogP contribution in [0.15, 0.2) is 12.3 Å². The van der Waals surface area contributed by atoms with Crippen molar-refractivity contribution in [3.05, 3.63) is 12.3 Å². The number of hydrogen-bond acceptors (Lipinski definition) is 5. The molecule has 0 radical (unpaired) electrons. The van der Waals surface area contributed by atoms with Crippen molar-refractivity contribution in [3.63, 3.8) is 0 Å². The Balaban J connectivity index is 1.32. The Morgan fingerprint density at radius 3 is 3.10 bits per heavy atom. The number of morpholine rings is 1. The minimum atomic E-state index is 0.262. The van der Waals surface area contributed by atoms with Gasteiger partial charge in [0.1, 0.15) is 5.82 Å². The SMILES string of the molecule is c1cc2n(n1)CC(CN1CCOC(C3CCCO3)C1)CN2. The monoisotopic (exact) mass is 292 g/mol. The van der Waals surface area contributed by atoms with Crippen molar-refractivity contribution in [2.24, 2.45) is 5.92 Å². The Hall–Kier alpha value is -1.11. The van der Waals surface area contributed by atoms with Gasteiger partial charge in [0, 0.05) is 51.3 Å². The summed E-state index contributed by atoms with van der Waals surface area (Å²) in [4.78, 5) is 2.54. The summed E-state index contributed by atoms with van der Waals surface area (Å²) in [6.07, 6.45) is 4.78. The fourth-order valence-electron chi connectivity index (χ4n) is 3.69. The fourth-order valence-corrected chi connectivity index (χ4v) is 3.69. The van der Waals surface area contributed by atoms with Crippen LogP contribution in [-0.4, -0.2) is 66.3 Å². The van der Waals surface area contributed by atoms with E-state index in [-0.39, 0.29) is 6.10 Å².